The van der Waals surface area contributed by atoms with Gasteiger partial charge in [-0.3, -0.25) is 4.40 Å². The van der Waals surface area contributed by atoms with Gasteiger partial charge >= 0.3 is 6.18 Å². The van der Waals surface area contributed by atoms with Gasteiger partial charge < -0.3 is 9.47 Å². The van der Waals surface area contributed by atoms with Gasteiger partial charge in [-0.1, -0.05) is 17.7 Å². The molecule has 0 aliphatic heterocycles. The zero-order valence-corrected chi connectivity index (χ0v) is 18.7. The first-order chi connectivity index (χ1) is 17.3. The molecule has 2 aromatic carbocycles. The van der Waals surface area contributed by atoms with Crippen LogP contribution in [0.1, 0.15) is 11.1 Å². The monoisotopic (exact) mass is 516 g/mol. The van der Waals surface area contributed by atoms with Crippen molar-refractivity contribution in [1.82, 2.24) is 29.5 Å². The van der Waals surface area contributed by atoms with E-state index in [0.29, 0.717) is 23.0 Å². The van der Waals surface area contributed by atoms with Gasteiger partial charge in [0.15, 0.2) is 17.4 Å². The summed E-state index contributed by atoms with van der Waals surface area (Å²) in [7, 11) is 0. The van der Waals surface area contributed by atoms with Crippen molar-refractivity contribution < 1.29 is 27.0 Å². The Balaban J connectivity index is 1.28. The van der Waals surface area contributed by atoms with Crippen LogP contribution in [0.3, 0.4) is 0 Å². The number of alkyl halides is 3. The first-order valence-electron chi connectivity index (χ1n) is 10.2. The fraction of sp³-hybridized carbons (Fsp3) is 0.0870. The fourth-order valence-corrected chi connectivity index (χ4v) is 3.47. The smallest absolute Gasteiger partial charge is 0.417 e. The van der Waals surface area contributed by atoms with E-state index in [1.807, 2.05) is 0 Å². The van der Waals surface area contributed by atoms with Gasteiger partial charge in [0, 0.05) is 24.7 Å². The lowest BCUT2D eigenvalue weighted by molar-refractivity contribution is -0.137. The van der Waals surface area contributed by atoms with Gasteiger partial charge in [-0.05, 0) is 35.9 Å². The van der Waals surface area contributed by atoms with E-state index >= 15 is 0 Å². The summed E-state index contributed by atoms with van der Waals surface area (Å²) in [5.74, 6) is -0.230. The van der Waals surface area contributed by atoms with Crippen LogP contribution >= 0.6 is 11.6 Å². The number of benzene rings is 2. The molecule has 36 heavy (non-hydrogen) atoms. The molecule has 0 N–H and O–H groups in total. The average Bonchev–Trinajstić information content (AvgIpc) is 3.28. The van der Waals surface area contributed by atoms with E-state index < -0.39 is 22.6 Å². The molecule has 3 aromatic heterocycles. The van der Waals surface area contributed by atoms with Crippen LogP contribution in [-0.2, 0) is 12.8 Å². The minimum absolute atomic E-state index is 0.0347. The lowest BCUT2D eigenvalue weighted by Crippen LogP contribution is -2.06. The molecule has 0 spiro atoms. The van der Waals surface area contributed by atoms with Crippen molar-refractivity contribution in [2.45, 2.75) is 12.8 Å². The van der Waals surface area contributed by atoms with E-state index in [-0.39, 0.29) is 29.8 Å². The number of hydrogen-bond acceptors (Lipinski definition) is 7. The SMILES string of the molecule is Fc1cc(COc2ccn3c(-c4cncnc4)nnc3n2)ccc1Oc1ccc(Cl)c(C(F)(F)F)c1. The van der Waals surface area contributed by atoms with Crippen molar-refractivity contribution in [1.29, 1.82) is 0 Å². The molecule has 13 heteroatoms. The third-order valence-electron chi connectivity index (χ3n) is 4.93. The van der Waals surface area contributed by atoms with Crippen molar-refractivity contribution in [2.75, 3.05) is 0 Å². The predicted octanol–water partition coefficient (Wildman–Crippen LogP) is 5.76. The molecule has 0 aliphatic carbocycles. The predicted molar refractivity (Wildman–Crippen MR) is 119 cm³/mol. The van der Waals surface area contributed by atoms with Crippen molar-refractivity contribution >= 4 is 17.4 Å². The van der Waals surface area contributed by atoms with E-state index in [9.17, 15) is 17.6 Å². The van der Waals surface area contributed by atoms with Crippen LogP contribution in [0.2, 0.25) is 5.02 Å². The standard InChI is InChI=1S/C23H13ClF4N6O2/c24-17-3-2-15(8-16(17)23(26,27)28)36-19-4-1-13(7-18(19)25)11-35-20-5-6-34-21(32-33-22(34)31-20)14-9-29-12-30-10-14/h1-10,12H,11H2. The number of ether oxygens (including phenoxy) is 2. The largest absolute Gasteiger partial charge is 0.473 e. The molecule has 0 saturated carbocycles. The zero-order chi connectivity index (χ0) is 25.3. The van der Waals surface area contributed by atoms with E-state index in [4.69, 9.17) is 21.1 Å². The molecule has 0 bridgehead atoms. The maximum atomic E-state index is 14.6. The molecular weight excluding hydrogens is 504 g/mol. The highest BCUT2D eigenvalue weighted by Crippen LogP contribution is 2.38. The van der Waals surface area contributed by atoms with Gasteiger partial charge in [0.25, 0.3) is 5.78 Å². The molecule has 0 atom stereocenters. The molecule has 8 nitrogen and oxygen atoms in total. The summed E-state index contributed by atoms with van der Waals surface area (Å²) in [6.45, 7) is -0.0347. The van der Waals surface area contributed by atoms with Gasteiger partial charge in [-0.15, -0.1) is 10.2 Å². The van der Waals surface area contributed by atoms with E-state index in [2.05, 4.69) is 25.1 Å². The van der Waals surface area contributed by atoms with Crippen LogP contribution in [0.5, 0.6) is 17.4 Å². The highest BCUT2D eigenvalue weighted by Gasteiger charge is 2.33. The quantitative estimate of drug-likeness (QED) is 0.265. The summed E-state index contributed by atoms with van der Waals surface area (Å²) < 4.78 is 66.3. The second-order valence-electron chi connectivity index (χ2n) is 7.38. The average molecular weight is 517 g/mol. The molecule has 5 aromatic rings. The Morgan fingerprint density at radius 2 is 1.78 bits per heavy atom. The summed E-state index contributed by atoms with van der Waals surface area (Å²) in [6, 6.07) is 8.52. The third kappa shape index (κ3) is 4.89. The van der Waals surface area contributed by atoms with Gasteiger partial charge in [-0.2, -0.15) is 18.2 Å². The summed E-state index contributed by atoms with van der Waals surface area (Å²) in [5, 5.41) is 7.62. The van der Waals surface area contributed by atoms with Crippen molar-refractivity contribution in [3.63, 3.8) is 0 Å². The van der Waals surface area contributed by atoms with Gasteiger partial charge in [-0.25, -0.2) is 14.4 Å². The topological polar surface area (TPSA) is 87.3 Å². The summed E-state index contributed by atoms with van der Waals surface area (Å²) in [4.78, 5) is 12.2. The Hall–Kier alpha value is -4.32. The highest BCUT2D eigenvalue weighted by molar-refractivity contribution is 6.31. The van der Waals surface area contributed by atoms with Crippen LogP contribution in [0.15, 0.2) is 67.4 Å². The van der Waals surface area contributed by atoms with E-state index in [0.717, 1.165) is 12.1 Å². The normalized spacial score (nSPS) is 11.6. The number of aromatic nitrogens is 6. The zero-order valence-electron chi connectivity index (χ0n) is 17.9. The first kappa shape index (κ1) is 23.4. The van der Waals surface area contributed by atoms with E-state index in [1.54, 1.807) is 29.1 Å². The summed E-state index contributed by atoms with van der Waals surface area (Å²) in [6.07, 6.45) is 1.59. The summed E-state index contributed by atoms with van der Waals surface area (Å²) in [5.41, 5.74) is 0.0251. The molecule has 0 fully saturated rings. The minimum Gasteiger partial charge on any atom is -0.473 e. The Morgan fingerprint density at radius 3 is 2.53 bits per heavy atom. The molecule has 5 rings (SSSR count). The highest BCUT2D eigenvalue weighted by atomic mass is 35.5. The van der Waals surface area contributed by atoms with Crippen molar-refractivity contribution in [3.05, 3.63) is 89.3 Å². The van der Waals surface area contributed by atoms with Gasteiger partial charge in [0.05, 0.1) is 16.1 Å². The number of nitrogens with zero attached hydrogens (tertiary/aromatic N) is 6. The number of fused-ring (bicyclic) bond motifs is 1. The van der Waals surface area contributed by atoms with E-state index in [1.165, 1.54) is 24.5 Å². The molecule has 0 aliphatic rings. The molecular formula is C23H13ClF4N6O2. The molecule has 3 heterocycles. The third-order valence-corrected chi connectivity index (χ3v) is 5.26. The lowest BCUT2D eigenvalue weighted by atomic mass is 10.2. The number of halogens is 5. The maximum Gasteiger partial charge on any atom is 0.417 e. The van der Waals surface area contributed by atoms with Crippen LogP contribution in [0.4, 0.5) is 17.6 Å². The Kier molecular flexibility index (Phi) is 6.10. The second-order valence-corrected chi connectivity index (χ2v) is 7.79. The molecule has 0 saturated heterocycles. The molecule has 0 unspecified atom stereocenters. The minimum atomic E-state index is -4.67. The maximum absolute atomic E-state index is 14.6. The Bertz CT molecular complexity index is 1550. The van der Waals surface area contributed by atoms with Gasteiger partial charge in [0.2, 0.25) is 5.88 Å². The van der Waals surface area contributed by atoms with Crippen LogP contribution < -0.4 is 9.47 Å². The van der Waals surface area contributed by atoms with Crippen LogP contribution in [0.25, 0.3) is 17.2 Å². The van der Waals surface area contributed by atoms with Crippen LogP contribution in [0, 0.1) is 5.82 Å². The second kappa shape index (κ2) is 9.38. The molecule has 0 amide bonds. The lowest BCUT2D eigenvalue weighted by Gasteiger charge is -2.13. The van der Waals surface area contributed by atoms with Crippen molar-refractivity contribution in [2.24, 2.45) is 0 Å². The molecule has 0 radical (unpaired) electrons. The van der Waals surface area contributed by atoms with Gasteiger partial charge in [0.1, 0.15) is 18.7 Å². The Labute approximate surface area is 205 Å². The van der Waals surface area contributed by atoms with Crippen molar-refractivity contribution in [3.8, 4) is 28.8 Å². The first-order valence-corrected chi connectivity index (χ1v) is 10.6. The fourth-order valence-electron chi connectivity index (χ4n) is 3.25. The number of hydrogen-bond donors (Lipinski definition) is 0. The Morgan fingerprint density at radius 1 is 0.972 bits per heavy atom. The molecule has 182 valence electrons. The summed E-state index contributed by atoms with van der Waals surface area (Å²) >= 11 is 5.60. The number of rotatable bonds is 6. The van der Waals surface area contributed by atoms with Crippen LogP contribution in [-0.4, -0.2) is 29.5 Å².